The maximum atomic E-state index is 12.1. The van der Waals surface area contributed by atoms with Gasteiger partial charge in [0.2, 0.25) is 11.8 Å². The van der Waals surface area contributed by atoms with Crippen LogP contribution in [0.1, 0.15) is 32.6 Å². The molecule has 17 heavy (non-hydrogen) atoms. The minimum Gasteiger partial charge on any atom is -0.354 e. The van der Waals surface area contributed by atoms with Gasteiger partial charge in [0.25, 0.3) is 0 Å². The predicted molar refractivity (Wildman–Crippen MR) is 64.4 cm³/mol. The Hall–Kier alpha value is -1.10. The zero-order chi connectivity index (χ0) is 12.3. The van der Waals surface area contributed by atoms with E-state index in [1.807, 2.05) is 0 Å². The molecule has 0 spiro atoms. The highest BCUT2D eigenvalue weighted by atomic mass is 16.2. The largest absolute Gasteiger partial charge is 0.354 e. The van der Waals surface area contributed by atoms with Crippen molar-refractivity contribution in [1.29, 1.82) is 0 Å². The first kappa shape index (κ1) is 12.4. The second-order valence-electron chi connectivity index (χ2n) is 5.05. The van der Waals surface area contributed by atoms with Gasteiger partial charge in [0, 0.05) is 6.54 Å². The van der Waals surface area contributed by atoms with E-state index in [4.69, 9.17) is 0 Å². The Balaban J connectivity index is 1.89. The molecule has 3 N–H and O–H groups in total. The van der Waals surface area contributed by atoms with Gasteiger partial charge in [-0.05, 0) is 38.1 Å². The highest BCUT2D eigenvalue weighted by Crippen LogP contribution is 2.16. The lowest BCUT2D eigenvalue weighted by Crippen LogP contribution is -2.57. The van der Waals surface area contributed by atoms with E-state index in [-0.39, 0.29) is 23.9 Å². The number of carbonyl (C=O) groups is 2. The Bertz CT molecular complexity index is 306. The van der Waals surface area contributed by atoms with Crippen LogP contribution in [0.2, 0.25) is 0 Å². The summed E-state index contributed by atoms with van der Waals surface area (Å²) in [7, 11) is 0. The lowest BCUT2D eigenvalue weighted by molar-refractivity contribution is -0.132. The maximum Gasteiger partial charge on any atom is 0.242 e. The van der Waals surface area contributed by atoms with Crippen LogP contribution in [0.5, 0.6) is 0 Å². The predicted octanol–water partition coefficient (Wildman–Crippen LogP) is -0.231. The van der Waals surface area contributed by atoms with Gasteiger partial charge in [-0.25, -0.2) is 0 Å². The van der Waals surface area contributed by atoms with Crippen molar-refractivity contribution in [3.8, 4) is 0 Å². The molecule has 0 saturated carbocycles. The molecule has 5 nitrogen and oxygen atoms in total. The van der Waals surface area contributed by atoms with Crippen LogP contribution in [0.3, 0.4) is 0 Å². The number of piperidine rings is 2. The lowest BCUT2D eigenvalue weighted by atomic mass is 9.92. The molecule has 96 valence electrons. The number of hydrogen-bond donors (Lipinski definition) is 3. The van der Waals surface area contributed by atoms with E-state index in [1.54, 1.807) is 0 Å². The molecule has 2 saturated heterocycles. The fourth-order valence-corrected chi connectivity index (χ4v) is 2.57. The molecule has 0 aromatic rings. The van der Waals surface area contributed by atoms with Gasteiger partial charge in [0.15, 0.2) is 0 Å². The molecule has 0 radical (unpaired) electrons. The number of amides is 2. The molecule has 2 amide bonds. The number of hydrogen-bond acceptors (Lipinski definition) is 3. The monoisotopic (exact) mass is 239 g/mol. The van der Waals surface area contributed by atoms with Crippen molar-refractivity contribution in [1.82, 2.24) is 16.0 Å². The third kappa shape index (κ3) is 2.97. The molecular weight excluding hydrogens is 218 g/mol. The molecule has 3 atom stereocenters. The third-order valence-electron chi connectivity index (χ3n) is 3.65. The Morgan fingerprint density at radius 1 is 1.29 bits per heavy atom. The first-order chi connectivity index (χ1) is 8.18. The van der Waals surface area contributed by atoms with Crippen LogP contribution in [-0.4, -0.2) is 37.0 Å². The number of rotatable bonds is 2. The molecule has 0 bridgehead atoms. The number of nitrogens with one attached hydrogen (secondary N) is 3. The minimum atomic E-state index is -0.341. The smallest absolute Gasteiger partial charge is 0.242 e. The second-order valence-corrected chi connectivity index (χ2v) is 5.05. The summed E-state index contributed by atoms with van der Waals surface area (Å²) >= 11 is 0. The summed E-state index contributed by atoms with van der Waals surface area (Å²) in [6, 6.07) is -0.481. The van der Waals surface area contributed by atoms with E-state index < -0.39 is 0 Å². The highest BCUT2D eigenvalue weighted by molar-refractivity contribution is 5.90. The van der Waals surface area contributed by atoms with Crippen molar-refractivity contribution < 1.29 is 9.59 Å². The molecule has 2 aliphatic rings. The first-order valence-electron chi connectivity index (χ1n) is 6.50. The first-order valence-corrected chi connectivity index (χ1v) is 6.50. The average molecular weight is 239 g/mol. The van der Waals surface area contributed by atoms with Gasteiger partial charge in [-0.3, -0.25) is 9.59 Å². The molecule has 2 fully saturated rings. The van der Waals surface area contributed by atoms with Crippen LogP contribution in [0.25, 0.3) is 0 Å². The van der Waals surface area contributed by atoms with Crippen molar-refractivity contribution in [2.45, 2.75) is 44.7 Å². The van der Waals surface area contributed by atoms with Gasteiger partial charge in [0.1, 0.15) is 6.04 Å². The fourth-order valence-electron chi connectivity index (χ4n) is 2.57. The van der Waals surface area contributed by atoms with Gasteiger partial charge in [-0.15, -0.1) is 0 Å². The summed E-state index contributed by atoms with van der Waals surface area (Å²) in [5, 5.41) is 8.86. The number of carbonyl (C=O) groups excluding carboxylic acids is 2. The normalized spacial score (nSPS) is 33.9. The highest BCUT2D eigenvalue weighted by Gasteiger charge is 2.31. The van der Waals surface area contributed by atoms with Crippen LogP contribution in [0, 0.1) is 5.92 Å². The summed E-state index contributed by atoms with van der Waals surface area (Å²) in [6.45, 7) is 3.69. The summed E-state index contributed by atoms with van der Waals surface area (Å²) in [6.07, 6.45) is 3.87. The minimum absolute atomic E-state index is 0.0285. The molecular formula is C12H21N3O2. The molecule has 0 aliphatic carbocycles. The van der Waals surface area contributed by atoms with Crippen LogP contribution >= 0.6 is 0 Å². The second kappa shape index (κ2) is 5.49. The Morgan fingerprint density at radius 3 is 2.76 bits per heavy atom. The molecule has 2 rings (SSSR count). The summed E-state index contributed by atoms with van der Waals surface area (Å²) in [5.74, 6) is 0.266. The van der Waals surface area contributed by atoms with Crippen LogP contribution < -0.4 is 16.0 Å². The Kier molecular flexibility index (Phi) is 3.99. The lowest BCUT2D eigenvalue weighted by Gasteiger charge is -2.31. The van der Waals surface area contributed by atoms with E-state index in [0.29, 0.717) is 5.92 Å². The zero-order valence-corrected chi connectivity index (χ0v) is 10.3. The topological polar surface area (TPSA) is 70.2 Å². The van der Waals surface area contributed by atoms with Crippen LogP contribution in [-0.2, 0) is 9.59 Å². The van der Waals surface area contributed by atoms with E-state index >= 15 is 0 Å². The molecule has 3 unspecified atom stereocenters. The molecule has 0 aromatic heterocycles. The Morgan fingerprint density at radius 2 is 2.06 bits per heavy atom. The van der Waals surface area contributed by atoms with Crippen molar-refractivity contribution in [2.24, 2.45) is 5.92 Å². The van der Waals surface area contributed by atoms with Crippen molar-refractivity contribution in [3.63, 3.8) is 0 Å². The van der Waals surface area contributed by atoms with Crippen molar-refractivity contribution in [2.75, 3.05) is 13.1 Å². The summed E-state index contributed by atoms with van der Waals surface area (Å²) in [4.78, 5) is 23.6. The Labute approximate surface area is 102 Å². The van der Waals surface area contributed by atoms with Gasteiger partial charge in [0.05, 0.1) is 6.04 Å². The summed E-state index contributed by atoms with van der Waals surface area (Å²) in [5.41, 5.74) is 0. The molecule has 0 aromatic carbocycles. The van der Waals surface area contributed by atoms with Crippen molar-refractivity contribution in [3.05, 3.63) is 0 Å². The SMILES string of the molecule is CC1CCCNC1C(=O)NC1CCCNC1=O. The van der Waals surface area contributed by atoms with Gasteiger partial charge >= 0.3 is 0 Å². The molecule has 5 heteroatoms. The van der Waals surface area contributed by atoms with E-state index in [1.165, 1.54) is 0 Å². The van der Waals surface area contributed by atoms with E-state index in [0.717, 1.165) is 38.8 Å². The van der Waals surface area contributed by atoms with Gasteiger partial charge in [-0.2, -0.15) is 0 Å². The van der Waals surface area contributed by atoms with E-state index in [9.17, 15) is 9.59 Å². The van der Waals surface area contributed by atoms with Crippen LogP contribution in [0.4, 0.5) is 0 Å². The molecule has 2 aliphatic heterocycles. The fraction of sp³-hybridized carbons (Fsp3) is 0.833. The molecule has 2 heterocycles. The zero-order valence-electron chi connectivity index (χ0n) is 10.3. The quantitative estimate of drug-likeness (QED) is 0.623. The standard InChI is InChI=1S/C12H21N3O2/c1-8-4-2-6-13-10(8)12(17)15-9-5-3-7-14-11(9)16/h8-10,13H,2-7H2,1H3,(H,14,16)(H,15,17). The summed E-state index contributed by atoms with van der Waals surface area (Å²) < 4.78 is 0. The van der Waals surface area contributed by atoms with Gasteiger partial charge in [-0.1, -0.05) is 6.92 Å². The third-order valence-corrected chi connectivity index (χ3v) is 3.65. The van der Waals surface area contributed by atoms with Gasteiger partial charge < -0.3 is 16.0 Å². The van der Waals surface area contributed by atoms with E-state index in [2.05, 4.69) is 22.9 Å². The van der Waals surface area contributed by atoms with Crippen LogP contribution in [0.15, 0.2) is 0 Å². The van der Waals surface area contributed by atoms with Crippen molar-refractivity contribution >= 4 is 11.8 Å². The average Bonchev–Trinajstić information content (AvgIpc) is 2.32. The maximum absolute atomic E-state index is 12.1.